The third kappa shape index (κ3) is 5.32. The van der Waals surface area contributed by atoms with Gasteiger partial charge in [0.1, 0.15) is 0 Å². The maximum atomic E-state index is 11.6. The van der Waals surface area contributed by atoms with E-state index in [1.807, 2.05) is 0 Å². The van der Waals surface area contributed by atoms with E-state index in [1.165, 1.54) is 0 Å². The Morgan fingerprint density at radius 1 is 1.47 bits per heavy atom. The summed E-state index contributed by atoms with van der Waals surface area (Å²) in [5, 5.41) is 7.42. The number of aromatic nitrogens is 2. The van der Waals surface area contributed by atoms with Crippen molar-refractivity contribution in [1.29, 1.82) is 0 Å². The van der Waals surface area contributed by atoms with Crippen molar-refractivity contribution in [3.8, 4) is 0 Å². The van der Waals surface area contributed by atoms with Crippen molar-refractivity contribution >= 4 is 42.8 Å². The zero-order valence-electron chi connectivity index (χ0n) is 11.4. The first-order valence-electron chi connectivity index (χ1n) is 5.98. The molecule has 0 atom stereocenters. The number of morpholine rings is 1. The molecule has 19 heavy (non-hydrogen) atoms. The van der Waals surface area contributed by atoms with Gasteiger partial charge in [0.05, 0.1) is 0 Å². The van der Waals surface area contributed by atoms with Crippen LogP contribution in [0.2, 0.25) is 0 Å². The second-order valence-electron chi connectivity index (χ2n) is 4.18. The molecule has 0 aromatic carbocycles. The number of hydrogen-bond donors (Lipinski definition) is 1. The van der Waals surface area contributed by atoms with Crippen molar-refractivity contribution in [2.24, 2.45) is 7.05 Å². The number of rotatable bonds is 1. The molecular weight excluding hydrogens is 261 g/mol. The summed E-state index contributed by atoms with van der Waals surface area (Å²) < 4.78 is 7.75. The molecule has 0 radical (unpaired) electrons. The molecule has 1 N–H and O–H groups in total. The summed E-state index contributed by atoms with van der Waals surface area (Å²) in [4.78, 5) is 27.1. The molecule has 100 valence electrons. The number of ether oxygens (including phenoxy) is 1. The molecule has 1 saturated heterocycles. The van der Waals surface area contributed by atoms with Crippen LogP contribution in [0, 0.1) is 0 Å². The zero-order chi connectivity index (χ0) is 14.4. The summed E-state index contributed by atoms with van der Waals surface area (Å²) in [5.41, 5.74) is 0.0245. The van der Waals surface area contributed by atoms with Crippen molar-refractivity contribution in [3.63, 3.8) is 0 Å². The van der Waals surface area contributed by atoms with Crippen LogP contribution in [0.15, 0.2) is 10.9 Å². The number of carbonyl (C=O) groups is 1. The van der Waals surface area contributed by atoms with E-state index in [9.17, 15) is 4.79 Å². The fourth-order valence-electron chi connectivity index (χ4n) is 1.59. The molecule has 1 aromatic heterocycles. The van der Waals surface area contributed by atoms with Crippen LogP contribution in [0.25, 0.3) is 0 Å². The van der Waals surface area contributed by atoms with Crippen molar-refractivity contribution < 1.29 is 14.6 Å². The second kappa shape index (κ2) is 7.64. The Morgan fingerprint density at radius 2 is 2.00 bits per heavy atom. The van der Waals surface area contributed by atoms with E-state index in [0.29, 0.717) is 13.2 Å². The number of hydrogen-bond acceptors (Lipinski definition) is 5. The molecule has 1 aromatic rings. The van der Waals surface area contributed by atoms with Crippen LogP contribution in [0.5, 0.6) is 0 Å². The molecule has 0 spiro atoms. The van der Waals surface area contributed by atoms with Gasteiger partial charge >= 0.3 is 106 Å². The number of aliphatic carboxylic acids is 1. The van der Waals surface area contributed by atoms with Crippen LogP contribution in [0.3, 0.4) is 0 Å². The fourth-order valence-corrected chi connectivity index (χ4v) is 2.04. The van der Waals surface area contributed by atoms with E-state index in [-0.39, 0.29) is 5.56 Å². The van der Waals surface area contributed by atoms with Crippen LogP contribution < -0.4 is 13.5 Å². The van der Waals surface area contributed by atoms with Crippen LogP contribution >= 0.6 is 0 Å². The van der Waals surface area contributed by atoms with E-state index in [0.717, 1.165) is 56.8 Å². The minimum absolute atomic E-state index is 0.0245. The molecule has 0 saturated carbocycles. The number of carboxylic acid groups (broad SMARTS) is 1. The van der Waals surface area contributed by atoms with Gasteiger partial charge in [-0.1, -0.05) is 0 Å². The molecule has 2 heterocycles. The number of nitrogens with zero attached hydrogens (tertiary/aromatic N) is 3. The van der Waals surface area contributed by atoms with Gasteiger partial charge in [-0.15, -0.1) is 0 Å². The Hall–Kier alpha value is -0.890. The first-order chi connectivity index (χ1) is 8.91. The summed E-state index contributed by atoms with van der Waals surface area (Å²) in [6, 6.07) is 1.60. The topological polar surface area (TPSA) is 84.7 Å². The molecule has 0 aliphatic carbocycles. The van der Waals surface area contributed by atoms with E-state index < -0.39 is 5.97 Å². The molecule has 0 amide bonds. The van der Waals surface area contributed by atoms with Crippen LogP contribution in [-0.4, -0.2) is 74.9 Å². The molecule has 1 aliphatic heterocycles. The zero-order valence-corrected chi connectivity index (χ0v) is 13.4. The van der Waals surface area contributed by atoms with Gasteiger partial charge in [-0.3, -0.25) is 4.79 Å². The van der Waals surface area contributed by atoms with Gasteiger partial charge in [0.25, 0.3) is 5.97 Å². The van der Waals surface area contributed by atoms with Gasteiger partial charge < -0.3 is 5.11 Å². The third-order valence-electron chi connectivity index (χ3n) is 2.68. The van der Waals surface area contributed by atoms with Crippen LogP contribution in [-0.2, 0) is 16.6 Å². The average molecular weight is 277 g/mol. The molecule has 2 rings (SSSR count). The quantitative estimate of drug-likeness (QED) is 0.629. The summed E-state index contributed by atoms with van der Waals surface area (Å²) in [7, 11) is 1.76. The molecule has 0 unspecified atom stereocenters. The molecule has 1 aliphatic rings. The van der Waals surface area contributed by atoms with Gasteiger partial charge in [0.2, 0.25) is 0 Å². The Kier molecular flexibility index (Phi) is 6.50. The summed E-state index contributed by atoms with van der Waals surface area (Å²) in [5.74, 6) is -0.0357. The van der Waals surface area contributed by atoms with Gasteiger partial charge in [0, 0.05) is 6.92 Å². The number of anilines is 1. The monoisotopic (exact) mass is 277 g/mol. The molecule has 1 fully saturated rings. The Labute approximate surface area is 128 Å². The third-order valence-corrected chi connectivity index (χ3v) is 3.57. The van der Waals surface area contributed by atoms with Crippen molar-refractivity contribution in [2.75, 3.05) is 31.2 Å². The predicted molar refractivity (Wildman–Crippen MR) is 71.2 cm³/mol. The predicted octanol–water partition coefficient (Wildman–Crippen LogP) is -1.50. The maximum absolute atomic E-state index is 11.6. The molecule has 7 nitrogen and oxygen atoms in total. The van der Waals surface area contributed by atoms with Crippen molar-refractivity contribution in [2.45, 2.75) is 6.92 Å². The second-order valence-corrected chi connectivity index (χ2v) is 5.07. The van der Waals surface area contributed by atoms with E-state index in [2.05, 4.69) is 9.88 Å². The standard InChI is InChI=1S/C9H12N3O2.C2H4O2.Na/c1-11-7-10-8(6-9(11)13)12-2-4-14-5-3-12;1-2(3)4;/h6H,2-5H2,1H3;1H3,(H,3,4);. The minimum atomic E-state index is -0.833. The molecule has 8 heteroatoms. The molecular formula is C11H16N3NaO4. The SMILES string of the molecule is CC(=O)O.Cn1[c]([Na])nc(N2CCOCC2)cc1=O. The normalized spacial score (nSPS) is 14.6. The number of carboxylic acids is 1. The Bertz CT molecular complexity index is 493. The van der Waals surface area contributed by atoms with Crippen molar-refractivity contribution in [3.05, 3.63) is 16.4 Å². The van der Waals surface area contributed by atoms with Gasteiger partial charge in [-0.2, -0.15) is 0 Å². The van der Waals surface area contributed by atoms with Crippen LogP contribution in [0.4, 0.5) is 5.82 Å². The first-order valence-corrected chi connectivity index (χ1v) is 6.98. The average Bonchev–Trinajstić information content (AvgIpc) is 2.36. The van der Waals surface area contributed by atoms with Crippen molar-refractivity contribution in [1.82, 2.24) is 9.55 Å². The summed E-state index contributed by atoms with van der Waals surface area (Å²) in [6.07, 6.45) is 0. The molecule has 0 bridgehead atoms. The van der Waals surface area contributed by atoms with Gasteiger partial charge in [0.15, 0.2) is 0 Å². The summed E-state index contributed by atoms with van der Waals surface area (Å²) in [6.45, 7) is 4.16. The van der Waals surface area contributed by atoms with Gasteiger partial charge in [-0.25, -0.2) is 0 Å². The Balaban J connectivity index is 0.000000399. The van der Waals surface area contributed by atoms with Gasteiger partial charge in [-0.05, 0) is 0 Å². The van der Waals surface area contributed by atoms with E-state index in [1.54, 1.807) is 17.7 Å². The fraction of sp³-hybridized carbons (Fsp3) is 0.545. The summed E-state index contributed by atoms with van der Waals surface area (Å²) >= 11 is 0.788. The first kappa shape index (κ1) is 16.2. The van der Waals surface area contributed by atoms with Crippen LogP contribution in [0.1, 0.15) is 6.92 Å². The van der Waals surface area contributed by atoms with E-state index in [4.69, 9.17) is 14.6 Å². The van der Waals surface area contributed by atoms with E-state index >= 15 is 0 Å². The Morgan fingerprint density at radius 3 is 2.47 bits per heavy atom.